The predicted octanol–water partition coefficient (Wildman–Crippen LogP) is 4.88. The maximum Gasteiger partial charge on any atom is 0.261 e. The molecule has 0 radical (unpaired) electrons. The highest BCUT2D eigenvalue weighted by Gasteiger charge is 2.34. The summed E-state index contributed by atoms with van der Waals surface area (Å²) in [6, 6.07) is 9.16. The van der Waals surface area contributed by atoms with E-state index in [2.05, 4.69) is 16.9 Å². The minimum atomic E-state index is -0.164. The van der Waals surface area contributed by atoms with Gasteiger partial charge >= 0.3 is 0 Å². The van der Waals surface area contributed by atoms with Crippen molar-refractivity contribution in [3.05, 3.63) is 66.0 Å². The molecule has 7 heteroatoms. The molecule has 1 aliphatic heterocycles. The molecule has 172 valence electrons. The molecule has 4 rings (SSSR count). The van der Waals surface area contributed by atoms with Crippen LogP contribution in [0.15, 0.2) is 48.9 Å². The average Bonchev–Trinajstić information content (AvgIpc) is 2.88. The predicted molar refractivity (Wildman–Crippen MR) is 126 cm³/mol. The van der Waals surface area contributed by atoms with Crippen molar-refractivity contribution < 1.29 is 14.3 Å². The van der Waals surface area contributed by atoms with E-state index in [0.29, 0.717) is 23.6 Å². The van der Waals surface area contributed by atoms with Gasteiger partial charge in [0.1, 0.15) is 22.9 Å². The molecule has 1 aromatic carbocycles. The van der Waals surface area contributed by atoms with Gasteiger partial charge in [0, 0.05) is 37.1 Å². The number of nitrogens with zero attached hydrogens (tertiary/aromatic N) is 4. The van der Waals surface area contributed by atoms with Crippen LogP contribution in [-0.4, -0.2) is 46.5 Å². The molecule has 0 N–H and O–H groups in total. The number of methoxy groups -OCH3 is 2. The zero-order chi connectivity index (χ0) is 23.2. The molecule has 33 heavy (non-hydrogen) atoms. The number of piperidine rings is 1. The van der Waals surface area contributed by atoms with E-state index in [-0.39, 0.29) is 11.9 Å². The highest BCUT2D eigenvalue weighted by atomic mass is 16.5. The van der Waals surface area contributed by atoms with Crippen molar-refractivity contribution >= 4 is 5.91 Å². The molecule has 0 spiro atoms. The summed E-state index contributed by atoms with van der Waals surface area (Å²) in [5.41, 5.74) is 3.27. The van der Waals surface area contributed by atoms with Crippen LogP contribution in [0.25, 0.3) is 11.1 Å². The second-order valence-electron chi connectivity index (χ2n) is 8.12. The van der Waals surface area contributed by atoms with Crippen LogP contribution in [0.4, 0.5) is 0 Å². The third-order valence-electron chi connectivity index (χ3n) is 6.05. The van der Waals surface area contributed by atoms with Crippen molar-refractivity contribution in [1.29, 1.82) is 0 Å². The fourth-order valence-corrected chi connectivity index (χ4v) is 4.45. The smallest absolute Gasteiger partial charge is 0.261 e. The van der Waals surface area contributed by atoms with Gasteiger partial charge in [-0.3, -0.25) is 9.78 Å². The highest BCUT2D eigenvalue weighted by Crippen LogP contribution is 2.39. The quantitative estimate of drug-likeness (QED) is 0.515. The Kier molecular flexibility index (Phi) is 7.17. The van der Waals surface area contributed by atoms with Crippen LogP contribution < -0.4 is 9.47 Å². The van der Waals surface area contributed by atoms with Crippen LogP contribution in [-0.2, 0) is 6.42 Å². The average molecular weight is 447 g/mol. The number of carbonyl (C=O) groups is 1. The Morgan fingerprint density at radius 1 is 1.09 bits per heavy atom. The van der Waals surface area contributed by atoms with Gasteiger partial charge in [-0.2, -0.15) is 0 Å². The van der Waals surface area contributed by atoms with Crippen LogP contribution in [0, 0.1) is 0 Å². The number of aryl methyl sites for hydroxylation is 1. The number of likely N-dealkylation sites (tertiary alicyclic amines) is 1. The molecule has 0 bridgehead atoms. The lowest BCUT2D eigenvalue weighted by Crippen LogP contribution is -2.39. The largest absolute Gasteiger partial charge is 0.496 e. The lowest BCUT2D eigenvalue weighted by atomic mass is 9.93. The summed E-state index contributed by atoms with van der Waals surface area (Å²) in [4.78, 5) is 29.6. The first-order valence-electron chi connectivity index (χ1n) is 11.5. The van der Waals surface area contributed by atoms with Gasteiger partial charge in [0.25, 0.3) is 5.91 Å². The maximum absolute atomic E-state index is 13.9. The van der Waals surface area contributed by atoms with E-state index in [4.69, 9.17) is 14.5 Å². The molecular formula is C26H30N4O3. The van der Waals surface area contributed by atoms with E-state index in [0.717, 1.165) is 54.7 Å². The second kappa shape index (κ2) is 10.4. The number of aromatic nitrogens is 3. The number of hydrogen-bond donors (Lipinski definition) is 0. The number of benzene rings is 1. The molecular weight excluding hydrogens is 416 g/mol. The van der Waals surface area contributed by atoms with Crippen LogP contribution >= 0.6 is 0 Å². The van der Waals surface area contributed by atoms with Crippen molar-refractivity contribution in [2.75, 3.05) is 20.8 Å². The van der Waals surface area contributed by atoms with Crippen molar-refractivity contribution in [1.82, 2.24) is 19.9 Å². The van der Waals surface area contributed by atoms with Crippen LogP contribution in [0.3, 0.4) is 0 Å². The molecule has 0 saturated carbocycles. The molecule has 1 amide bonds. The van der Waals surface area contributed by atoms with Gasteiger partial charge in [-0.1, -0.05) is 13.0 Å². The Morgan fingerprint density at radius 2 is 1.82 bits per heavy atom. The van der Waals surface area contributed by atoms with Gasteiger partial charge < -0.3 is 14.4 Å². The van der Waals surface area contributed by atoms with Crippen molar-refractivity contribution in [3.8, 4) is 22.6 Å². The molecule has 2 aromatic heterocycles. The van der Waals surface area contributed by atoms with Gasteiger partial charge in [-0.15, -0.1) is 0 Å². The van der Waals surface area contributed by atoms with Gasteiger partial charge in [-0.05, 0) is 55.5 Å². The molecule has 1 atom stereocenters. The Hall–Kier alpha value is -3.48. The van der Waals surface area contributed by atoms with Crippen LogP contribution in [0.1, 0.15) is 60.5 Å². The topological polar surface area (TPSA) is 77.4 Å². The van der Waals surface area contributed by atoms with Gasteiger partial charge in [0.2, 0.25) is 0 Å². The number of amides is 1. The SMILES string of the molecule is CCCc1ncc(-c2ccncc2)c(C2CCCCN2C(=O)c2c(OC)cccc2OC)n1. The number of rotatable bonds is 7. The fraction of sp³-hybridized carbons (Fsp3) is 0.385. The molecule has 3 aromatic rings. The zero-order valence-electron chi connectivity index (χ0n) is 19.5. The maximum atomic E-state index is 13.9. The first kappa shape index (κ1) is 22.7. The van der Waals surface area contributed by atoms with Gasteiger partial charge in [0.15, 0.2) is 0 Å². The van der Waals surface area contributed by atoms with Gasteiger partial charge in [-0.25, -0.2) is 9.97 Å². The summed E-state index contributed by atoms with van der Waals surface area (Å²) < 4.78 is 11.0. The number of hydrogen-bond acceptors (Lipinski definition) is 6. The summed E-state index contributed by atoms with van der Waals surface area (Å²) in [6.45, 7) is 2.76. The second-order valence-corrected chi connectivity index (χ2v) is 8.12. The van der Waals surface area contributed by atoms with E-state index in [1.54, 1.807) is 38.7 Å². The minimum Gasteiger partial charge on any atom is -0.496 e. The number of pyridine rings is 1. The summed E-state index contributed by atoms with van der Waals surface area (Å²) >= 11 is 0. The molecule has 0 aliphatic carbocycles. The summed E-state index contributed by atoms with van der Waals surface area (Å²) in [5, 5.41) is 0. The number of carbonyl (C=O) groups excluding carboxylic acids is 1. The van der Waals surface area contributed by atoms with Crippen molar-refractivity contribution in [2.24, 2.45) is 0 Å². The minimum absolute atomic E-state index is 0.106. The number of ether oxygens (including phenoxy) is 2. The van der Waals surface area contributed by atoms with E-state index in [1.165, 1.54) is 0 Å². The van der Waals surface area contributed by atoms with Crippen molar-refractivity contribution in [3.63, 3.8) is 0 Å². The van der Waals surface area contributed by atoms with Crippen LogP contribution in [0.2, 0.25) is 0 Å². The van der Waals surface area contributed by atoms with E-state index in [9.17, 15) is 4.79 Å². The lowest BCUT2D eigenvalue weighted by molar-refractivity contribution is 0.0599. The molecule has 1 saturated heterocycles. The van der Waals surface area contributed by atoms with Crippen molar-refractivity contribution in [2.45, 2.75) is 45.1 Å². The molecule has 3 heterocycles. The summed E-state index contributed by atoms with van der Waals surface area (Å²) in [6.07, 6.45) is 9.99. The fourth-order valence-electron chi connectivity index (χ4n) is 4.45. The third-order valence-corrected chi connectivity index (χ3v) is 6.05. The highest BCUT2D eigenvalue weighted by molar-refractivity contribution is 6.00. The zero-order valence-corrected chi connectivity index (χ0v) is 19.5. The standard InChI is InChI=1S/C26H30N4O3/c1-4-8-23-28-17-19(18-12-14-27-15-13-18)25(29-23)20-9-5-6-16-30(20)26(31)24-21(32-2)10-7-11-22(24)33-3/h7,10-15,17,20H,4-6,8-9,16H2,1-3H3. The Balaban J connectivity index is 1.81. The Morgan fingerprint density at radius 3 is 2.48 bits per heavy atom. The Labute approximate surface area is 194 Å². The van der Waals surface area contributed by atoms with E-state index < -0.39 is 0 Å². The van der Waals surface area contributed by atoms with E-state index in [1.807, 2.05) is 29.3 Å². The van der Waals surface area contributed by atoms with E-state index >= 15 is 0 Å². The normalized spacial score (nSPS) is 15.8. The molecule has 1 unspecified atom stereocenters. The third kappa shape index (κ3) is 4.67. The first-order valence-corrected chi connectivity index (χ1v) is 11.5. The summed E-state index contributed by atoms with van der Waals surface area (Å²) in [5.74, 6) is 1.71. The van der Waals surface area contributed by atoms with Crippen LogP contribution in [0.5, 0.6) is 11.5 Å². The summed E-state index contributed by atoms with van der Waals surface area (Å²) in [7, 11) is 3.14. The first-order chi connectivity index (χ1) is 16.2. The Bertz CT molecular complexity index is 1080. The molecule has 1 aliphatic rings. The molecule has 1 fully saturated rings. The monoisotopic (exact) mass is 446 g/mol. The molecule has 7 nitrogen and oxygen atoms in total. The van der Waals surface area contributed by atoms with Gasteiger partial charge in [0.05, 0.1) is 26.0 Å². The lowest BCUT2D eigenvalue weighted by Gasteiger charge is -2.37.